The second-order valence-corrected chi connectivity index (χ2v) is 2.47. The van der Waals surface area contributed by atoms with Gasteiger partial charge >= 0.3 is 5.69 Å². The van der Waals surface area contributed by atoms with Gasteiger partial charge in [0.25, 0.3) is 0 Å². The van der Waals surface area contributed by atoms with Crippen LogP contribution in [0.4, 0.5) is 5.69 Å². The van der Waals surface area contributed by atoms with Crippen LogP contribution in [0.25, 0.3) is 0 Å². The molecule has 0 saturated heterocycles. The van der Waals surface area contributed by atoms with E-state index in [0.29, 0.717) is 5.56 Å². The number of phenols is 1. The summed E-state index contributed by atoms with van der Waals surface area (Å²) < 4.78 is 0. The highest BCUT2D eigenvalue weighted by Gasteiger charge is 2.12. The molecule has 1 aromatic rings. The molecule has 72 valence electrons. The molecule has 0 aliphatic rings. The van der Waals surface area contributed by atoms with Gasteiger partial charge in [-0.3, -0.25) is 10.1 Å². The highest BCUT2D eigenvalue weighted by molar-refractivity contribution is 5.51. The number of aromatic hydroxyl groups is 1. The van der Waals surface area contributed by atoms with E-state index in [-0.39, 0.29) is 18.0 Å². The highest BCUT2D eigenvalue weighted by atomic mass is 16.6. The van der Waals surface area contributed by atoms with Crippen LogP contribution < -0.4 is 5.73 Å². The minimum Gasteiger partial charge on any atom is -0.502 e. The molecule has 1 rings (SSSR count). The monoisotopic (exact) mass is 192 g/mol. The van der Waals surface area contributed by atoms with E-state index in [2.05, 4.69) is 11.8 Å². The first-order valence-electron chi connectivity index (χ1n) is 3.81. The van der Waals surface area contributed by atoms with Gasteiger partial charge in [0.1, 0.15) is 0 Å². The highest BCUT2D eigenvalue weighted by Crippen LogP contribution is 2.25. The molecule has 1 aromatic carbocycles. The number of phenolic OH excluding ortho intramolecular Hbond substituents is 1. The third-order valence-corrected chi connectivity index (χ3v) is 1.51. The van der Waals surface area contributed by atoms with Crippen LogP contribution in [-0.4, -0.2) is 16.6 Å². The van der Waals surface area contributed by atoms with E-state index in [9.17, 15) is 10.1 Å². The number of hydrogen-bond donors (Lipinski definition) is 2. The Morgan fingerprint density at radius 3 is 2.86 bits per heavy atom. The number of hydrogen-bond acceptors (Lipinski definition) is 4. The van der Waals surface area contributed by atoms with Gasteiger partial charge in [0.05, 0.1) is 11.5 Å². The van der Waals surface area contributed by atoms with Gasteiger partial charge in [-0.1, -0.05) is 11.8 Å². The predicted molar refractivity (Wildman–Crippen MR) is 50.7 cm³/mol. The van der Waals surface area contributed by atoms with Gasteiger partial charge in [0.15, 0.2) is 5.75 Å². The molecule has 0 atom stereocenters. The zero-order chi connectivity index (χ0) is 10.6. The summed E-state index contributed by atoms with van der Waals surface area (Å²) in [6, 6.07) is 3.93. The Labute approximate surface area is 80.3 Å². The Morgan fingerprint density at radius 2 is 2.29 bits per heavy atom. The van der Waals surface area contributed by atoms with Gasteiger partial charge in [0.2, 0.25) is 0 Å². The van der Waals surface area contributed by atoms with E-state index in [1.807, 2.05) is 0 Å². The molecular weight excluding hydrogens is 184 g/mol. The third kappa shape index (κ3) is 2.21. The molecule has 0 aliphatic heterocycles. The standard InChI is InChI=1S/C9H8N2O3/c10-5-1-2-7-3-4-9(12)8(6-7)11(13)14/h3-4,6,12H,5,10H2. The van der Waals surface area contributed by atoms with E-state index in [4.69, 9.17) is 10.8 Å². The molecule has 0 heterocycles. The van der Waals surface area contributed by atoms with E-state index in [1.165, 1.54) is 18.2 Å². The average molecular weight is 192 g/mol. The summed E-state index contributed by atoms with van der Waals surface area (Å²) >= 11 is 0. The van der Waals surface area contributed by atoms with Crippen LogP contribution in [0.2, 0.25) is 0 Å². The molecule has 5 nitrogen and oxygen atoms in total. The van der Waals surface area contributed by atoms with Crippen molar-refractivity contribution in [2.75, 3.05) is 6.54 Å². The summed E-state index contributed by atoms with van der Waals surface area (Å²) in [5.74, 6) is 4.83. The van der Waals surface area contributed by atoms with E-state index < -0.39 is 4.92 Å². The Balaban J connectivity index is 3.13. The fourth-order valence-corrected chi connectivity index (χ4v) is 0.901. The van der Waals surface area contributed by atoms with Crippen molar-refractivity contribution >= 4 is 5.69 Å². The molecule has 0 saturated carbocycles. The Morgan fingerprint density at radius 1 is 1.57 bits per heavy atom. The first-order chi connectivity index (χ1) is 6.65. The van der Waals surface area contributed by atoms with Gasteiger partial charge in [-0.15, -0.1) is 0 Å². The first-order valence-corrected chi connectivity index (χ1v) is 3.81. The Hall–Kier alpha value is -2.06. The summed E-state index contributed by atoms with van der Waals surface area (Å²) in [5, 5.41) is 19.5. The molecule has 0 radical (unpaired) electrons. The van der Waals surface area contributed by atoms with Crippen LogP contribution in [0.3, 0.4) is 0 Å². The predicted octanol–water partition coefficient (Wildman–Crippen LogP) is 0.611. The fourth-order valence-electron chi connectivity index (χ4n) is 0.901. The molecule has 0 aliphatic carbocycles. The molecule has 0 unspecified atom stereocenters. The second kappa shape index (κ2) is 4.25. The second-order valence-electron chi connectivity index (χ2n) is 2.47. The van der Waals surface area contributed by atoms with Crippen LogP contribution >= 0.6 is 0 Å². The molecule has 3 N–H and O–H groups in total. The number of nitro benzene ring substituents is 1. The average Bonchev–Trinajstić information content (AvgIpc) is 2.16. The maximum atomic E-state index is 10.4. The number of nitrogens with zero attached hydrogens (tertiary/aromatic N) is 1. The SMILES string of the molecule is NCC#Cc1ccc(O)c([N+](=O)[O-])c1. The summed E-state index contributed by atoms with van der Waals surface area (Å²) in [6.45, 7) is 0.189. The van der Waals surface area contributed by atoms with Crippen LogP contribution in [-0.2, 0) is 0 Å². The minimum absolute atomic E-state index is 0.189. The molecule has 0 amide bonds. The van der Waals surface area contributed by atoms with Crippen molar-refractivity contribution in [3.63, 3.8) is 0 Å². The molecular formula is C9H8N2O3. The van der Waals surface area contributed by atoms with Crippen LogP contribution in [0, 0.1) is 22.0 Å². The van der Waals surface area contributed by atoms with Crippen molar-refractivity contribution in [2.45, 2.75) is 0 Å². The molecule has 0 aromatic heterocycles. The van der Waals surface area contributed by atoms with Gasteiger partial charge < -0.3 is 10.8 Å². The molecule has 5 heteroatoms. The fraction of sp³-hybridized carbons (Fsp3) is 0.111. The van der Waals surface area contributed by atoms with Crippen LogP contribution in [0.1, 0.15) is 5.56 Å². The van der Waals surface area contributed by atoms with Crippen molar-refractivity contribution in [3.05, 3.63) is 33.9 Å². The lowest BCUT2D eigenvalue weighted by Crippen LogP contribution is -1.93. The van der Waals surface area contributed by atoms with Crippen LogP contribution in [0.15, 0.2) is 18.2 Å². The topological polar surface area (TPSA) is 89.4 Å². The van der Waals surface area contributed by atoms with Crippen molar-refractivity contribution in [1.29, 1.82) is 0 Å². The summed E-state index contributed by atoms with van der Waals surface area (Å²) in [7, 11) is 0. The number of nitro groups is 1. The van der Waals surface area contributed by atoms with Crippen LogP contribution in [0.5, 0.6) is 5.75 Å². The largest absolute Gasteiger partial charge is 0.502 e. The quantitative estimate of drug-likeness (QED) is 0.387. The zero-order valence-corrected chi connectivity index (χ0v) is 7.23. The van der Waals surface area contributed by atoms with E-state index >= 15 is 0 Å². The lowest BCUT2D eigenvalue weighted by molar-refractivity contribution is -0.385. The lowest BCUT2D eigenvalue weighted by atomic mass is 10.2. The normalized spacial score (nSPS) is 8.93. The molecule has 0 spiro atoms. The van der Waals surface area contributed by atoms with Crippen molar-refractivity contribution < 1.29 is 10.0 Å². The maximum absolute atomic E-state index is 10.4. The van der Waals surface area contributed by atoms with Gasteiger partial charge in [-0.2, -0.15) is 0 Å². The Kier molecular flexibility index (Phi) is 3.05. The van der Waals surface area contributed by atoms with Crippen molar-refractivity contribution in [2.24, 2.45) is 5.73 Å². The van der Waals surface area contributed by atoms with Gasteiger partial charge in [-0.25, -0.2) is 0 Å². The third-order valence-electron chi connectivity index (χ3n) is 1.51. The summed E-state index contributed by atoms with van der Waals surface area (Å²) in [4.78, 5) is 9.76. The number of rotatable bonds is 1. The number of benzene rings is 1. The van der Waals surface area contributed by atoms with E-state index in [1.54, 1.807) is 0 Å². The lowest BCUT2D eigenvalue weighted by Gasteiger charge is -1.95. The maximum Gasteiger partial charge on any atom is 0.311 e. The molecule has 0 fully saturated rings. The van der Waals surface area contributed by atoms with Crippen molar-refractivity contribution in [1.82, 2.24) is 0 Å². The zero-order valence-electron chi connectivity index (χ0n) is 7.23. The molecule has 0 bridgehead atoms. The van der Waals surface area contributed by atoms with E-state index in [0.717, 1.165) is 0 Å². The van der Waals surface area contributed by atoms with Gasteiger partial charge in [0, 0.05) is 11.6 Å². The Bertz CT molecular complexity index is 418. The molecule has 14 heavy (non-hydrogen) atoms. The smallest absolute Gasteiger partial charge is 0.311 e. The minimum atomic E-state index is -0.664. The summed E-state index contributed by atoms with van der Waals surface area (Å²) in [5.41, 5.74) is 5.25. The van der Waals surface area contributed by atoms with Gasteiger partial charge in [-0.05, 0) is 12.1 Å². The number of nitrogens with two attached hydrogens (primary N) is 1. The summed E-state index contributed by atoms with van der Waals surface area (Å²) in [6.07, 6.45) is 0. The van der Waals surface area contributed by atoms with Crippen molar-refractivity contribution in [3.8, 4) is 17.6 Å². The first kappa shape index (κ1) is 10.0.